The Morgan fingerprint density at radius 1 is 0.571 bits per heavy atom. The molecule has 0 fully saturated rings. The largest absolute Gasteiger partial charge is 0.0970 e. The van der Waals surface area contributed by atoms with Crippen molar-refractivity contribution in [1.82, 2.24) is 0 Å². The average Bonchev–Trinajstić information content (AvgIpc) is 2.70. The highest BCUT2D eigenvalue weighted by Gasteiger charge is 2.18. The smallest absolute Gasteiger partial charge is 0.00261 e. The molecular weight excluding hydrogens is 355 g/mol. The Morgan fingerprint density at radius 3 is 1.64 bits per heavy atom. The second kappa shape index (κ2) is 6.36. The first-order valence-corrected chi connectivity index (χ1v) is 12.5. The predicted octanol–water partition coefficient (Wildman–Crippen LogP) is 7.15. The minimum absolute atomic E-state index is 1.28. The summed E-state index contributed by atoms with van der Waals surface area (Å²) in [6.07, 6.45) is 4.60. The van der Waals surface area contributed by atoms with Crippen LogP contribution in [0, 0.1) is 0 Å². The van der Waals surface area contributed by atoms with Crippen LogP contribution in [0.3, 0.4) is 0 Å². The Labute approximate surface area is 166 Å². The van der Waals surface area contributed by atoms with Gasteiger partial charge in [-0.3, -0.25) is 0 Å². The molecule has 5 aromatic carbocycles. The second-order valence-electron chi connectivity index (χ2n) is 8.06. The number of benzene rings is 5. The molecule has 0 nitrogen and oxygen atoms in total. The van der Waals surface area contributed by atoms with Gasteiger partial charge in [0.15, 0.2) is 0 Å². The van der Waals surface area contributed by atoms with Gasteiger partial charge in [-0.15, -0.1) is 0 Å². The van der Waals surface area contributed by atoms with E-state index in [1.807, 2.05) is 0 Å². The lowest BCUT2D eigenvalue weighted by Crippen LogP contribution is -2.08. The summed E-state index contributed by atoms with van der Waals surface area (Å²) >= 11 is 0. The Hall–Kier alpha value is -2.82. The summed E-state index contributed by atoms with van der Waals surface area (Å²) in [6, 6.07) is 33.1. The van der Waals surface area contributed by atoms with Gasteiger partial charge in [0, 0.05) is 0 Å². The highest BCUT2D eigenvalue weighted by atomic mass is 31.2. The molecule has 0 saturated carbocycles. The van der Waals surface area contributed by atoms with Crippen molar-refractivity contribution < 1.29 is 0 Å². The van der Waals surface area contributed by atoms with Crippen LogP contribution >= 0.6 is 6.89 Å². The molecule has 0 heterocycles. The van der Waals surface area contributed by atoms with Crippen LogP contribution < -0.4 is 5.30 Å². The molecule has 0 aromatic heterocycles. The minimum Gasteiger partial charge on any atom is -0.0970 e. The number of fused-ring (bicyclic) bond motifs is 3. The standard InChI is InChI=1S/C27H23P/c1-28(2,3)27-24-14-8-6-12-22(24)26(23-13-7-9-15-25(23)27)21-17-16-19-10-4-5-11-20(19)18-21/h4-18H,1H2,2-3H3. The fourth-order valence-electron chi connectivity index (χ4n) is 4.41. The van der Waals surface area contributed by atoms with Crippen molar-refractivity contribution in [2.24, 2.45) is 0 Å². The number of hydrogen-bond acceptors (Lipinski definition) is 0. The van der Waals surface area contributed by atoms with Gasteiger partial charge >= 0.3 is 0 Å². The van der Waals surface area contributed by atoms with Crippen LogP contribution in [0.2, 0.25) is 0 Å². The van der Waals surface area contributed by atoms with E-state index in [1.165, 1.54) is 48.7 Å². The van der Waals surface area contributed by atoms with E-state index in [2.05, 4.69) is 111 Å². The van der Waals surface area contributed by atoms with Gasteiger partial charge in [-0.1, -0.05) is 98.1 Å². The fraction of sp³-hybridized carbons (Fsp3) is 0.0741. The van der Waals surface area contributed by atoms with E-state index in [0.29, 0.717) is 0 Å². The molecule has 0 aliphatic heterocycles. The van der Waals surface area contributed by atoms with Crippen LogP contribution in [-0.4, -0.2) is 19.6 Å². The zero-order valence-electron chi connectivity index (χ0n) is 16.3. The van der Waals surface area contributed by atoms with Crippen LogP contribution in [0.1, 0.15) is 0 Å². The summed E-state index contributed by atoms with van der Waals surface area (Å²) in [6.45, 7) is 3.17. The summed E-state index contributed by atoms with van der Waals surface area (Å²) in [5, 5.41) is 9.33. The maximum absolute atomic E-state index is 4.60. The van der Waals surface area contributed by atoms with Crippen molar-refractivity contribution in [3.8, 4) is 11.1 Å². The molecule has 0 spiro atoms. The molecule has 0 aliphatic rings. The maximum atomic E-state index is 4.60. The summed E-state index contributed by atoms with van der Waals surface area (Å²) in [5.41, 5.74) is 2.60. The van der Waals surface area contributed by atoms with Crippen molar-refractivity contribution in [3.63, 3.8) is 0 Å². The molecule has 0 amide bonds. The van der Waals surface area contributed by atoms with E-state index in [1.54, 1.807) is 0 Å². The fourth-order valence-corrected chi connectivity index (χ4v) is 6.11. The van der Waals surface area contributed by atoms with Gasteiger partial charge in [0.25, 0.3) is 0 Å². The Kier molecular flexibility index (Phi) is 3.93. The van der Waals surface area contributed by atoms with Gasteiger partial charge in [0.2, 0.25) is 0 Å². The van der Waals surface area contributed by atoms with Crippen LogP contribution in [-0.2, 0) is 0 Å². The first-order chi connectivity index (χ1) is 13.5. The van der Waals surface area contributed by atoms with Crippen molar-refractivity contribution in [1.29, 1.82) is 0 Å². The van der Waals surface area contributed by atoms with Gasteiger partial charge in [0.1, 0.15) is 0 Å². The van der Waals surface area contributed by atoms with E-state index in [9.17, 15) is 0 Å². The van der Waals surface area contributed by atoms with E-state index < -0.39 is 6.89 Å². The lowest BCUT2D eigenvalue weighted by Gasteiger charge is -2.22. The zero-order chi connectivity index (χ0) is 19.3. The second-order valence-corrected chi connectivity index (χ2v) is 11.9. The van der Waals surface area contributed by atoms with Crippen LogP contribution in [0.15, 0.2) is 91.0 Å². The normalized spacial score (nSPS) is 12.1. The van der Waals surface area contributed by atoms with Crippen molar-refractivity contribution in [3.05, 3.63) is 91.0 Å². The first-order valence-electron chi connectivity index (χ1n) is 9.65. The molecule has 136 valence electrons. The molecule has 0 N–H and O–H groups in total. The molecule has 0 atom stereocenters. The van der Waals surface area contributed by atoms with Gasteiger partial charge in [-0.05, 0) is 68.1 Å². The number of hydrogen-bond donors (Lipinski definition) is 0. The van der Waals surface area contributed by atoms with Crippen molar-refractivity contribution in [2.45, 2.75) is 0 Å². The Morgan fingerprint density at radius 2 is 1.07 bits per heavy atom. The topological polar surface area (TPSA) is 0 Å². The first kappa shape index (κ1) is 17.3. The highest BCUT2D eigenvalue weighted by Crippen LogP contribution is 2.44. The van der Waals surface area contributed by atoms with Crippen molar-refractivity contribution in [2.75, 3.05) is 13.3 Å². The molecule has 5 rings (SSSR count). The third kappa shape index (κ3) is 2.68. The summed E-state index contributed by atoms with van der Waals surface area (Å²) in [5.74, 6) is 0. The van der Waals surface area contributed by atoms with Crippen molar-refractivity contribution >= 4 is 50.8 Å². The Balaban J connectivity index is 1.99. The molecule has 0 bridgehead atoms. The SMILES string of the molecule is C=P(C)(C)c1c2ccccc2c(-c2ccc3ccccc3c2)c2ccccc12. The van der Waals surface area contributed by atoms with Gasteiger partial charge in [0.05, 0.1) is 0 Å². The van der Waals surface area contributed by atoms with Gasteiger partial charge < -0.3 is 0 Å². The van der Waals surface area contributed by atoms with Crippen LogP contribution in [0.4, 0.5) is 0 Å². The predicted molar refractivity (Wildman–Crippen MR) is 130 cm³/mol. The molecule has 0 aliphatic carbocycles. The van der Waals surface area contributed by atoms with Crippen LogP contribution in [0.25, 0.3) is 43.4 Å². The van der Waals surface area contributed by atoms with Crippen LogP contribution in [0.5, 0.6) is 0 Å². The molecule has 1 heteroatoms. The van der Waals surface area contributed by atoms with E-state index >= 15 is 0 Å². The summed E-state index contributed by atoms with van der Waals surface area (Å²) in [7, 11) is 0. The lowest BCUT2D eigenvalue weighted by molar-refractivity contribution is 1.71. The highest BCUT2D eigenvalue weighted by molar-refractivity contribution is 7.80. The monoisotopic (exact) mass is 378 g/mol. The van der Waals surface area contributed by atoms with Gasteiger partial charge in [-0.25, -0.2) is 0 Å². The summed E-state index contributed by atoms with van der Waals surface area (Å²) < 4.78 is 0. The zero-order valence-corrected chi connectivity index (χ0v) is 17.2. The quantitative estimate of drug-likeness (QED) is 0.226. The van der Waals surface area contributed by atoms with E-state index in [0.717, 1.165) is 0 Å². The molecule has 0 saturated heterocycles. The molecular formula is C27H23P. The average molecular weight is 378 g/mol. The van der Waals surface area contributed by atoms with E-state index in [-0.39, 0.29) is 0 Å². The van der Waals surface area contributed by atoms with E-state index in [4.69, 9.17) is 0 Å². The molecule has 0 unspecified atom stereocenters. The summed E-state index contributed by atoms with van der Waals surface area (Å²) in [4.78, 5) is 0. The third-order valence-corrected chi connectivity index (χ3v) is 7.24. The number of rotatable bonds is 2. The Bertz CT molecular complexity index is 1350. The molecule has 28 heavy (non-hydrogen) atoms. The minimum atomic E-state index is -1.46. The van der Waals surface area contributed by atoms with Gasteiger partial charge in [-0.2, -0.15) is 0 Å². The molecule has 5 aromatic rings. The molecule has 0 radical (unpaired) electrons. The maximum Gasteiger partial charge on any atom is -0.00261 e. The lowest BCUT2D eigenvalue weighted by atomic mass is 9.91. The third-order valence-electron chi connectivity index (χ3n) is 5.55.